The molecule has 0 amide bonds. The maximum atomic E-state index is 10.1. The number of hydrogen-bond donors (Lipinski definition) is 1. The molecule has 0 spiro atoms. The van der Waals surface area contributed by atoms with Gasteiger partial charge in [-0.2, -0.15) is 5.10 Å². The molecule has 1 aromatic heterocycles. The molecule has 0 saturated carbocycles. The highest BCUT2D eigenvalue weighted by atomic mass is 79.9. The smallest absolute Gasteiger partial charge is 0.0793 e. The Balaban J connectivity index is 1.99. The topological polar surface area (TPSA) is 38.0 Å². The van der Waals surface area contributed by atoms with Crippen molar-refractivity contribution in [2.45, 2.75) is 18.9 Å². The Bertz CT molecular complexity index is 462. The van der Waals surface area contributed by atoms with Crippen molar-refractivity contribution in [2.75, 3.05) is 0 Å². The van der Waals surface area contributed by atoms with E-state index in [2.05, 4.69) is 21.0 Å². The van der Waals surface area contributed by atoms with Crippen molar-refractivity contribution in [1.82, 2.24) is 9.78 Å². The molecule has 4 heteroatoms. The highest BCUT2D eigenvalue weighted by Crippen LogP contribution is 2.22. The molecule has 2 rings (SSSR count). The van der Waals surface area contributed by atoms with Crippen LogP contribution in [0.25, 0.3) is 0 Å². The Kier molecular flexibility index (Phi) is 3.97. The van der Waals surface area contributed by atoms with Crippen LogP contribution >= 0.6 is 15.9 Å². The third-order valence-electron chi connectivity index (χ3n) is 2.85. The van der Waals surface area contributed by atoms with Crippen LogP contribution in [0, 0.1) is 0 Å². The summed E-state index contributed by atoms with van der Waals surface area (Å²) in [5.41, 5.74) is 2.07. The maximum absolute atomic E-state index is 10.1. The number of aliphatic hydroxyl groups is 1. The van der Waals surface area contributed by atoms with Crippen molar-refractivity contribution in [3.63, 3.8) is 0 Å². The number of nitrogens with zero attached hydrogens (tertiary/aromatic N) is 2. The fourth-order valence-electron chi connectivity index (χ4n) is 1.83. The molecule has 0 aliphatic rings. The summed E-state index contributed by atoms with van der Waals surface area (Å²) in [6.07, 6.45) is 2.86. The van der Waals surface area contributed by atoms with Gasteiger partial charge >= 0.3 is 0 Å². The molecule has 3 nitrogen and oxygen atoms in total. The van der Waals surface area contributed by atoms with Gasteiger partial charge in [0.2, 0.25) is 0 Å². The van der Waals surface area contributed by atoms with Gasteiger partial charge in [-0.05, 0) is 34.3 Å². The summed E-state index contributed by atoms with van der Waals surface area (Å²) >= 11 is 3.46. The summed E-state index contributed by atoms with van der Waals surface area (Å²) in [6.45, 7) is 0. The lowest BCUT2D eigenvalue weighted by Gasteiger charge is -2.11. The summed E-state index contributed by atoms with van der Waals surface area (Å²) in [5, 5.41) is 14.2. The highest BCUT2D eigenvalue weighted by molar-refractivity contribution is 9.10. The van der Waals surface area contributed by atoms with Gasteiger partial charge in [0.05, 0.1) is 22.5 Å². The van der Waals surface area contributed by atoms with Crippen molar-refractivity contribution in [3.05, 3.63) is 52.3 Å². The lowest BCUT2D eigenvalue weighted by molar-refractivity contribution is 0.167. The molecule has 0 bridgehead atoms. The second kappa shape index (κ2) is 5.47. The standard InChI is InChI=1S/C13H15BrN2O/c1-16-12(11(14)9-15-16)7-8-13(17)10-5-3-2-4-6-10/h2-6,9,13,17H,7-8H2,1H3. The van der Waals surface area contributed by atoms with E-state index < -0.39 is 6.10 Å². The third kappa shape index (κ3) is 2.96. The van der Waals surface area contributed by atoms with Gasteiger partial charge in [0.15, 0.2) is 0 Å². The van der Waals surface area contributed by atoms with E-state index in [0.717, 1.165) is 22.2 Å². The normalized spacial score (nSPS) is 12.6. The lowest BCUT2D eigenvalue weighted by atomic mass is 10.0. The zero-order valence-electron chi connectivity index (χ0n) is 9.68. The van der Waals surface area contributed by atoms with Crippen LogP contribution in [-0.4, -0.2) is 14.9 Å². The Hall–Kier alpha value is -1.13. The fourth-order valence-corrected chi connectivity index (χ4v) is 2.38. The minimum absolute atomic E-state index is 0.419. The van der Waals surface area contributed by atoms with Crippen molar-refractivity contribution in [3.8, 4) is 0 Å². The number of aliphatic hydroxyl groups excluding tert-OH is 1. The van der Waals surface area contributed by atoms with Crippen LogP contribution in [-0.2, 0) is 13.5 Å². The molecule has 1 N–H and O–H groups in total. The SMILES string of the molecule is Cn1ncc(Br)c1CCC(O)c1ccccc1. The number of hydrogen-bond acceptors (Lipinski definition) is 2. The monoisotopic (exact) mass is 294 g/mol. The van der Waals surface area contributed by atoms with Gasteiger partial charge in [0, 0.05) is 7.05 Å². The molecule has 90 valence electrons. The van der Waals surface area contributed by atoms with Crippen molar-refractivity contribution in [2.24, 2.45) is 7.05 Å². The van der Waals surface area contributed by atoms with Crippen LogP contribution in [0.15, 0.2) is 41.0 Å². The summed E-state index contributed by atoms with van der Waals surface area (Å²) in [5.74, 6) is 0. The maximum Gasteiger partial charge on any atom is 0.0793 e. The number of benzene rings is 1. The highest BCUT2D eigenvalue weighted by Gasteiger charge is 2.11. The average Bonchev–Trinajstić information content (AvgIpc) is 2.67. The zero-order chi connectivity index (χ0) is 12.3. The van der Waals surface area contributed by atoms with E-state index in [9.17, 15) is 5.11 Å². The number of halogens is 1. The van der Waals surface area contributed by atoms with Crippen LogP contribution in [0.3, 0.4) is 0 Å². The Morgan fingerprint density at radius 3 is 2.65 bits per heavy atom. The van der Waals surface area contributed by atoms with Crippen LogP contribution in [0.4, 0.5) is 0 Å². The average molecular weight is 295 g/mol. The van der Waals surface area contributed by atoms with Gasteiger partial charge in [-0.3, -0.25) is 4.68 Å². The van der Waals surface area contributed by atoms with E-state index in [1.165, 1.54) is 0 Å². The molecule has 1 aromatic carbocycles. The zero-order valence-corrected chi connectivity index (χ0v) is 11.3. The molecule has 1 atom stereocenters. The van der Waals surface area contributed by atoms with Gasteiger partial charge in [0.1, 0.15) is 0 Å². The predicted molar refractivity (Wildman–Crippen MR) is 70.6 cm³/mol. The van der Waals surface area contributed by atoms with Crippen LogP contribution < -0.4 is 0 Å². The number of rotatable bonds is 4. The molecular formula is C13H15BrN2O. The molecule has 0 saturated heterocycles. The minimum atomic E-state index is -0.419. The first kappa shape index (κ1) is 12.3. The third-order valence-corrected chi connectivity index (χ3v) is 3.51. The van der Waals surface area contributed by atoms with Crippen molar-refractivity contribution < 1.29 is 5.11 Å². The van der Waals surface area contributed by atoms with E-state index in [0.29, 0.717) is 6.42 Å². The molecule has 1 unspecified atom stereocenters. The number of aryl methyl sites for hydroxylation is 1. The van der Waals surface area contributed by atoms with Gasteiger partial charge in [-0.1, -0.05) is 30.3 Å². The molecule has 2 aromatic rings. The molecule has 17 heavy (non-hydrogen) atoms. The fraction of sp³-hybridized carbons (Fsp3) is 0.308. The van der Waals surface area contributed by atoms with E-state index in [1.54, 1.807) is 6.20 Å². The van der Waals surface area contributed by atoms with Crippen LogP contribution in [0.2, 0.25) is 0 Å². The predicted octanol–water partition coefficient (Wildman–Crippen LogP) is 2.85. The second-order valence-electron chi connectivity index (χ2n) is 4.03. The summed E-state index contributed by atoms with van der Waals surface area (Å²) in [7, 11) is 1.91. The molecule has 0 aliphatic carbocycles. The van der Waals surface area contributed by atoms with Gasteiger partial charge in [0.25, 0.3) is 0 Å². The minimum Gasteiger partial charge on any atom is -0.388 e. The second-order valence-corrected chi connectivity index (χ2v) is 4.88. The molecule has 0 aliphatic heterocycles. The summed E-state index contributed by atoms with van der Waals surface area (Å²) < 4.78 is 2.84. The molecule has 0 radical (unpaired) electrons. The quantitative estimate of drug-likeness (QED) is 0.942. The number of aromatic nitrogens is 2. The van der Waals surface area contributed by atoms with E-state index in [1.807, 2.05) is 42.1 Å². The van der Waals surface area contributed by atoms with Crippen molar-refractivity contribution in [1.29, 1.82) is 0 Å². The lowest BCUT2D eigenvalue weighted by Crippen LogP contribution is -2.03. The molecular weight excluding hydrogens is 280 g/mol. The van der Waals surface area contributed by atoms with Crippen LogP contribution in [0.5, 0.6) is 0 Å². The Labute approximate surface area is 109 Å². The van der Waals surface area contributed by atoms with Gasteiger partial charge in [-0.25, -0.2) is 0 Å². The Morgan fingerprint density at radius 2 is 2.06 bits per heavy atom. The largest absolute Gasteiger partial charge is 0.388 e. The van der Waals surface area contributed by atoms with Crippen molar-refractivity contribution >= 4 is 15.9 Å². The van der Waals surface area contributed by atoms with E-state index in [4.69, 9.17) is 0 Å². The van der Waals surface area contributed by atoms with E-state index >= 15 is 0 Å². The first-order chi connectivity index (χ1) is 8.18. The van der Waals surface area contributed by atoms with Gasteiger partial charge < -0.3 is 5.11 Å². The first-order valence-electron chi connectivity index (χ1n) is 5.58. The first-order valence-corrected chi connectivity index (χ1v) is 6.37. The van der Waals surface area contributed by atoms with Crippen LogP contribution in [0.1, 0.15) is 23.8 Å². The van der Waals surface area contributed by atoms with E-state index in [-0.39, 0.29) is 0 Å². The Morgan fingerprint density at radius 1 is 1.35 bits per heavy atom. The van der Waals surface area contributed by atoms with Gasteiger partial charge in [-0.15, -0.1) is 0 Å². The molecule has 0 fully saturated rings. The summed E-state index contributed by atoms with van der Waals surface area (Å²) in [4.78, 5) is 0. The molecule has 1 heterocycles. The summed E-state index contributed by atoms with van der Waals surface area (Å²) in [6, 6.07) is 9.73.